The summed E-state index contributed by atoms with van der Waals surface area (Å²) in [6, 6.07) is 9.63. The van der Waals surface area contributed by atoms with Crippen LogP contribution in [0.5, 0.6) is 5.75 Å². The van der Waals surface area contributed by atoms with E-state index in [1.54, 1.807) is 0 Å². The highest BCUT2D eigenvalue weighted by Crippen LogP contribution is 2.11. The summed E-state index contributed by atoms with van der Waals surface area (Å²) in [6.45, 7) is 3.08. The lowest BCUT2D eigenvalue weighted by Gasteiger charge is -2.10. The van der Waals surface area contributed by atoms with Crippen LogP contribution in [0.2, 0.25) is 0 Å². The summed E-state index contributed by atoms with van der Waals surface area (Å²) < 4.78 is 5.50. The Hall–Kier alpha value is -1.55. The molecule has 0 aromatic heterocycles. The molecule has 1 aliphatic rings. The minimum atomic E-state index is 0.125. The second-order valence-electron chi connectivity index (χ2n) is 4.57. The largest absolute Gasteiger partial charge is 0.492 e. The van der Waals surface area contributed by atoms with Crippen molar-refractivity contribution < 1.29 is 9.53 Å². The summed E-state index contributed by atoms with van der Waals surface area (Å²) in [4.78, 5) is 11.6. The quantitative estimate of drug-likeness (QED) is 0.743. The first kappa shape index (κ1) is 12.9. The van der Waals surface area contributed by atoms with E-state index in [0.717, 1.165) is 25.3 Å². The van der Waals surface area contributed by atoms with E-state index in [0.29, 0.717) is 25.5 Å². The van der Waals surface area contributed by atoms with E-state index in [9.17, 15) is 4.79 Å². The molecule has 18 heavy (non-hydrogen) atoms. The monoisotopic (exact) mass is 248 g/mol. The Bertz CT molecular complexity index is 361. The van der Waals surface area contributed by atoms with Gasteiger partial charge in [-0.05, 0) is 37.6 Å². The standard InChI is InChI=1S/C14H20N2O2/c17-14(10-12-6-7-15-11-12)16-8-9-18-13-4-2-1-3-5-13/h1-5,12,15H,6-11H2,(H,16,17). The zero-order valence-corrected chi connectivity index (χ0v) is 10.5. The van der Waals surface area contributed by atoms with Crippen LogP contribution < -0.4 is 15.4 Å². The number of para-hydroxylation sites is 1. The molecule has 0 saturated carbocycles. The number of carbonyl (C=O) groups is 1. The summed E-state index contributed by atoms with van der Waals surface area (Å²) in [5.41, 5.74) is 0. The number of hydrogen-bond acceptors (Lipinski definition) is 3. The van der Waals surface area contributed by atoms with E-state index >= 15 is 0 Å². The Labute approximate surface area is 108 Å². The van der Waals surface area contributed by atoms with Gasteiger partial charge in [-0.15, -0.1) is 0 Å². The third kappa shape index (κ3) is 4.37. The van der Waals surface area contributed by atoms with Crippen LogP contribution >= 0.6 is 0 Å². The highest BCUT2D eigenvalue weighted by atomic mass is 16.5. The average molecular weight is 248 g/mol. The topological polar surface area (TPSA) is 50.4 Å². The van der Waals surface area contributed by atoms with Crippen LogP contribution in [0.4, 0.5) is 0 Å². The van der Waals surface area contributed by atoms with Crippen LogP contribution in [-0.2, 0) is 4.79 Å². The Balaban J connectivity index is 1.56. The van der Waals surface area contributed by atoms with Gasteiger partial charge in [0.2, 0.25) is 5.91 Å². The van der Waals surface area contributed by atoms with E-state index in [2.05, 4.69) is 10.6 Å². The minimum Gasteiger partial charge on any atom is -0.492 e. The second-order valence-corrected chi connectivity index (χ2v) is 4.57. The van der Waals surface area contributed by atoms with Crippen LogP contribution in [0.1, 0.15) is 12.8 Å². The third-order valence-corrected chi connectivity index (χ3v) is 3.07. The van der Waals surface area contributed by atoms with Gasteiger partial charge in [0.25, 0.3) is 0 Å². The fraction of sp³-hybridized carbons (Fsp3) is 0.500. The smallest absolute Gasteiger partial charge is 0.220 e. The van der Waals surface area contributed by atoms with Crippen LogP contribution in [0.3, 0.4) is 0 Å². The van der Waals surface area contributed by atoms with Crippen molar-refractivity contribution in [3.05, 3.63) is 30.3 Å². The van der Waals surface area contributed by atoms with Crippen LogP contribution in [-0.4, -0.2) is 32.1 Å². The molecule has 1 heterocycles. The lowest BCUT2D eigenvalue weighted by Crippen LogP contribution is -2.30. The lowest BCUT2D eigenvalue weighted by molar-refractivity contribution is -0.122. The van der Waals surface area contributed by atoms with Crippen molar-refractivity contribution in [1.29, 1.82) is 0 Å². The van der Waals surface area contributed by atoms with Gasteiger partial charge in [-0.3, -0.25) is 4.79 Å². The molecule has 1 aromatic carbocycles. The number of amides is 1. The molecule has 98 valence electrons. The fourth-order valence-electron chi connectivity index (χ4n) is 2.10. The van der Waals surface area contributed by atoms with Gasteiger partial charge in [0.1, 0.15) is 12.4 Å². The molecule has 1 saturated heterocycles. The fourth-order valence-corrected chi connectivity index (χ4v) is 2.10. The van der Waals surface area contributed by atoms with Gasteiger partial charge in [-0.25, -0.2) is 0 Å². The molecular formula is C14H20N2O2. The Morgan fingerprint density at radius 3 is 2.94 bits per heavy atom. The summed E-state index contributed by atoms with van der Waals surface area (Å²) >= 11 is 0. The molecule has 1 unspecified atom stereocenters. The molecule has 2 N–H and O–H groups in total. The van der Waals surface area contributed by atoms with Crippen LogP contribution in [0, 0.1) is 5.92 Å². The number of rotatable bonds is 6. The SMILES string of the molecule is O=C(CC1CCNC1)NCCOc1ccccc1. The van der Waals surface area contributed by atoms with Gasteiger partial charge in [-0.2, -0.15) is 0 Å². The molecule has 1 atom stereocenters. The second kappa shape index (κ2) is 7.01. The molecule has 1 fully saturated rings. The van der Waals surface area contributed by atoms with Gasteiger partial charge < -0.3 is 15.4 Å². The van der Waals surface area contributed by atoms with Gasteiger partial charge in [-0.1, -0.05) is 18.2 Å². The molecule has 2 rings (SSSR count). The van der Waals surface area contributed by atoms with Gasteiger partial charge in [0.15, 0.2) is 0 Å². The highest BCUT2D eigenvalue weighted by molar-refractivity contribution is 5.76. The molecule has 0 aliphatic carbocycles. The molecule has 1 aliphatic heterocycles. The van der Waals surface area contributed by atoms with Gasteiger partial charge in [0.05, 0.1) is 6.54 Å². The number of ether oxygens (including phenoxy) is 1. The maximum absolute atomic E-state index is 11.6. The van der Waals surface area contributed by atoms with Crippen molar-refractivity contribution >= 4 is 5.91 Å². The minimum absolute atomic E-state index is 0.125. The number of nitrogens with one attached hydrogen (secondary N) is 2. The molecule has 0 bridgehead atoms. The Kier molecular flexibility index (Phi) is 5.02. The van der Waals surface area contributed by atoms with Crippen molar-refractivity contribution in [1.82, 2.24) is 10.6 Å². The Morgan fingerprint density at radius 2 is 2.22 bits per heavy atom. The predicted molar refractivity (Wildman–Crippen MR) is 70.5 cm³/mol. The van der Waals surface area contributed by atoms with E-state index in [4.69, 9.17) is 4.74 Å². The maximum atomic E-state index is 11.6. The molecule has 4 nitrogen and oxygen atoms in total. The normalized spacial score (nSPS) is 18.6. The van der Waals surface area contributed by atoms with Crippen molar-refractivity contribution in [3.63, 3.8) is 0 Å². The van der Waals surface area contributed by atoms with Gasteiger partial charge >= 0.3 is 0 Å². The first-order valence-electron chi connectivity index (χ1n) is 6.50. The molecular weight excluding hydrogens is 228 g/mol. The molecule has 0 spiro atoms. The summed E-state index contributed by atoms with van der Waals surface area (Å²) in [5, 5.41) is 6.15. The summed E-state index contributed by atoms with van der Waals surface area (Å²) in [5.74, 6) is 1.46. The maximum Gasteiger partial charge on any atom is 0.220 e. The van der Waals surface area contributed by atoms with Crippen LogP contribution in [0.25, 0.3) is 0 Å². The number of benzene rings is 1. The molecule has 4 heteroatoms. The summed E-state index contributed by atoms with van der Waals surface area (Å²) in [7, 11) is 0. The first-order chi connectivity index (χ1) is 8.84. The van der Waals surface area contributed by atoms with Crippen molar-refractivity contribution in [2.45, 2.75) is 12.8 Å². The zero-order valence-electron chi connectivity index (χ0n) is 10.5. The molecule has 1 aromatic rings. The highest BCUT2D eigenvalue weighted by Gasteiger charge is 2.17. The van der Waals surface area contributed by atoms with Gasteiger partial charge in [0, 0.05) is 6.42 Å². The van der Waals surface area contributed by atoms with E-state index < -0.39 is 0 Å². The van der Waals surface area contributed by atoms with E-state index in [1.807, 2.05) is 30.3 Å². The van der Waals surface area contributed by atoms with Crippen molar-refractivity contribution in [2.75, 3.05) is 26.2 Å². The third-order valence-electron chi connectivity index (χ3n) is 3.07. The van der Waals surface area contributed by atoms with E-state index in [1.165, 1.54) is 0 Å². The molecule has 1 amide bonds. The first-order valence-corrected chi connectivity index (χ1v) is 6.50. The predicted octanol–water partition coefficient (Wildman–Crippen LogP) is 1.18. The molecule has 0 radical (unpaired) electrons. The zero-order chi connectivity index (χ0) is 12.6. The van der Waals surface area contributed by atoms with Crippen molar-refractivity contribution in [3.8, 4) is 5.75 Å². The van der Waals surface area contributed by atoms with E-state index in [-0.39, 0.29) is 5.91 Å². The lowest BCUT2D eigenvalue weighted by atomic mass is 10.0. The summed E-state index contributed by atoms with van der Waals surface area (Å²) in [6.07, 6.45) is 1.73. The van der Waals surface area contributed by atoms with Crippen molar-refractivity contribution in [2.24, 2.45) is 5.92 Å². The number of carbonyl (C=O) groups excluding carboxylic acids is 1. The average Bonchev–Trinajstić information content (AvgIpc) is 2.89. The Morgan fingerprint density at radius 1 is 1.39 bits per heavy atom. The van der Waals surface area contributed by atoms with Crippen LogP contribution in [0.15, 0.2) is 30.3 Å². The number of hydrogen-bond donors (Lipinski definition) is 2.